The standard InChI is InChI=1S/C11H17N3O2S/c12-10-5-4-9(17(13,15)16)6-11(10)14-7-8-2-1-3-8/h4-6,8,14H,1-3,7,12H2,(H2,13,15,16). The number of nitrogens with two attached hydrogens (primary N) is 2. The number of benzene rings is 1. The minimum atomic E-state index is -3.67. The molecule has 0 unspecified atom stereocenters. The van der Waals surface area contributed by atoms with Crippen LogP contribution in [0.15, 0.2) is 23.1 Å². The van der Waals surface area contributed by atoms with Gasteiger partial charge in [0.15, 0.2) is 0 Å². The summed E-state index contributed by atoms with van der Waals surface area (Å²) in [4.78, 5) is 0.0859. The van der Waals surface area contributed by atoms with Crippen molar-refractivity contribution in [2.75, 3.05) is 17.6 Å². The molecule has 5 nitrogen and oxygen atoms in total. The number of hydrogen-bond acceptors (Lipinski definition) is 4. The number of anilines is 2. The molecule has 1 aromatic rings. The Morgan fingerprint density at radius 2 is 2.06 bits per heavy atom. The first-order valence-electron chi connectivity index (χ1n) is 5.63. The summed E-state index contributed by atoms with van der Waals surface area (Å²) in [6.07, 6.45) is 3.72. The van der Waals surface area contributed by atoms with E-state index in [1.54, 1.807) is 6.07 Å². The van der Waals surface area contributed by atoms with Crippen molar-refractivity contribution in [1.29, 1.82) is 0 Å². The third kappa shape index (κ3) is 2.89. The van der Waals surface area contributed by atoms with Crippen molar-refractivity contribution in [3.05, 3.63) is 18.2 Å². The maximum Gasteiger partial charge on any atom is 0.238 e. The van der Waals surface area contributed by atoms with E-state index in [4.69, 9.17) is 10.9 Å². The van der Waals surface area contributed by atoms with E-state index >= 15 is 0 Å². The Morgan fingerprint density at radius 1 is 1.35 bits per heavy atom. The van der Waals surface area contributed by atoms with Gasteiger partial charge in [-0.25, -0.2) is 13.6 Å². The van der Waals surface area contributed by atoms with Crippen LogP contribution in [0.25, 0.3) is 0 Å². The Hall–Kier alpha value is -1.27. The zero-order valence-electron chi connectivity index (χ0n) is 9.52. The van der Waals surface area contributed by atoms with Crippen LogP contribution in [0, 0.1) is 5.92 Å². The summed E-state index contributed by atoms with van der Waals surface area (Å²) in [5, 5.41) is 8.26. The van der Waals surface area contributed by atoms with E-state index in [9.17, 15) is 8.42 Å². The Labute approximate surface area is 101 Å². The van der Waals surface area contributed by atoms with Crippen LogP contribution < -0.4 is 16.2 Å². The molecule has 0 bridgehead atoms. The van der Waals surface area contributed by atoms with E-state index in [0.29, 0.717) is 17.3 Å². The van der Waals surface area contributed by atoms with Gasteiger partial charge in [0.05, 0.1) is 16.3 Å². The topological polar surface area (TPSA) is 98.2 Å². The molecule has 0 saturated heterocycles. The molecule has 17 heavy (non-hydrogen) atoms. The largest absolute Gasteiger partial charge is 0.397 e. The van der Waals surface area contributed by atoms with Crippen LogP contribution in [-0.4, -0.2) is 15.0 Å². The molecule has 0 spiro atoms. The van der Waals surface area contributed by atoms with Crippen molar-refractivity contribution in [3.63, 3.8) is 0 Å². The van der Waals surface area contributed by atoms with Crippen molar-refractivity contribution in [3.8, 4) is 0 Å². The normalized spacial score (nSPS) is 16.5. The third-order valence-corrected chi connectivity index (χ3v) is 4.07. The molecule has 0 aromatic heterocycles. The predicted octanol–water partition coefficient (Wildman–Crippen LogP) is 1.13. The second-order valence-corrected chi connectivity index (χ2v) is 6.03. The first-order chi connectivity index (χ1) is 7.97. The molecule has 0 aliphatic heterocycles. The monoisotopic (exact) mass is 255 g/mol. The fourth-order valence-electron chi connectivity index (χ4n) is 1.82. The number of hydrogen-bond donors (Lipinski definition) is 3. The van der Waals surface area contributed by atoms with Gasteiger partial charge in [0.1, 0.15) is 0 Å². The molecular formula is C11H17N3O2S. The van der Waals surface area contributed by atoms with Crippen molar-refractivity contribution < 1.29 is 8.42 Å². The van der Waals surface area contributed by atoms with Crippen LogP contribution in [-0.2, 0) is 10.0 Å². The zero-order chi connectivity index (χ0) is 12.5. The summed E-state index contributed by atoms with van der Waals surface area (Å²) < 4.78 is 22.4. The van der Waals surface area contributed by atoms with E-state index in [2.05, 4.69) is 5.32 Å². The van der Waals surface area contributed by atoms with Gasteiger partial charge in [-0.3, -0.25) is 0 Å². The van der Waals surface area contributed by atoms with Gasteiger partial charge in [0.2, 0.25) is 10.0 Å². The number of primary sulfonamides is 1. The second kappa shape index (κ2) is 4.54. The predicted molar refractivity (Wildman–Crippen MR) is 68.1 cm³/mol. The van der Waals surface area contributed by atoms with Gasteiger partial charge in [-0.1, -0.05) is 6.42 Å². The van der Waals surface area contributed by atoms with Crippen molar-refractivity contribution in [2.24, 2.45) is 11.1 Å². The zero-order valence-corrected chi connectivity index (χ0v) is 10.3. The van der Waals surface area contributed by atoms with Crippen LogP contribution >= 0.6 is 0 Å². The SMILES string of the molecule is Nc1ccc(S(N)(=O)=O)cc1NCC1CCC1. The molecule has 2 rings (SSSR count). The lowest BCUT2D eigenvalue weighted by Gasteiger charge is -2.26. The van der Waals surface area contributed by atoms with Crippen LogP contribution in [0.1, 0.15) is 19.3 Å². The Kier molecular flexibility index (Phi) is 3.26. The van der Waals surface area contributed by atoms with Crippen LogP contribution in [0.4, 0.5) is 11.4 Å². The number of rotatable bonds is 4. The highest BCUT2D eigenvalue weighted by Gasteiger charge is 2.17. The lowest BCUT2D eigenvalue weighted by molar-refractivity contribution is 0.333. The molecule has 5 N–H and O–H groups in total. The summed E-state index contributed by atoms with van der Waals surface area (Å²) in [7, 11) is -3.67. The summed E-state index contributed by atoms with van der Waals surface area (Å²) >= 11 is 0. The van der Waals surface area contributed by atoms with E-state index < -0.39 is 10.0 Å². The summed E-state index contributed by atoms with van der Waals surface area (Å²) in [6.45, 7) is 0.832. The lowest BCUT2D eigenvalue weighted by atomic mass is 9.85. The first kappa shape index (κ1) is 12.2. The third-order valence-electron chi connectivity index (χ3n) is 3.16. The molecule has 1 aliphatic rings. The molecule has 1 aromatic carbocycles. The highest BCUT2D eigenvalue weighted by atomic mass is 32.2. The van der Waals surface area contributed by atoms with Gasteiger partial charge in [-0.2, -0.15) is 0 Å². The molecule has 0 atom stereocenters. The van der Waals surface area contributed by atoms with Gasteiger partial charge in [0, 0.05) is 6.54 Å². The quantitative estimate of drug-likeness (QED) is 0.702. The maximum absolute atomic E-state index is 11.2. The van der Waals surface area contributed by atoms with E-state index in [-0.39, 0.29) is 4.90 Å². The van der Waals surface area contributed by atoms with Gasteiger partial charge >= 0.3 is 0 Å². The van der Waals surface area contributed by atoms with Gasteiger partial charge in [0.25, 0.3) is 0 Å². The molecule has 0 heterocycles. The molecule has 1 aliphatic carbocycles. The molecule has 6 heteroatoms. The van der Waals surface area contributed by atoms with E-state index in [1.807, 2.05) is 0 Å². The van der Waals surface area contributed by atoms with Crippen molar-refractivity contribution in [1.82, 2.24) is 0 Å². The molecule has 1 fully saturated rings. The highest BCUT2D eigenvalue weighted by Crippen LogP contribution is 2.28. The first-order valence-corrected chi connectivity index (χ1v) is 7.17. The van der Waals surface area contributed by atoms with Crippen LogP contribution in [0.5, 0.6) is 0 Å². The lowest BCUT2D eigenvalue weighted by Crippen LogP contribution is -2.21. The number of sulfonamides is 1. The average Bonchev–Trinajstić information content (AvgIpc) is 2.16. The van der Waals surface area contributed by atoms with Gasteiger partial charge in [-0.05, 0) is 37.0 Å². The van der Waals surface area contributed by atoms with Crippen molar-refractivity contribution in [2.45, 2.75) is 24.2 Å². The summed E-state index contributed by atoms with van der Waals surface area (Å²) in [6, 6.07) is 4.46. The average molecular weight is 255 g/mol. The van der Waals surface area contributed by atoms with Gasteiger partial charge < -0.3 is 11.1 Å². The Morgan fingerprint density at radius 3 is 2.59 bits per heavy atom. The van der Waals surface area contributed by atoms with Gasteiger partial charge in [-0.15, -0.1) is 0 Å². The fourth-order valence-corrected chi connectivity index (χ4v) is 2.36. The fraction of sp³-hybridized carbons (Fsp3) is 0.455. The highest BCUT2D eigenvalue weighted by molar-refractivity contribution is 7.89. The Bertz CT molecular complexity index is 509. The molecule has 0 amide bonds. The summed E-state index contributed by atoms with van der Waals surface area (Å²) in [5.74, 6) is 0.674. The molecule has 0 radical (unpaired) electrons. The van der Waals surface area contributed by atoms with Crippen molar-refractivity contribution >= 4 is 21.4 Å². The van der Waals surface area contributed by atoms with Crippen LogP contribution in [0.3, 0.4) is 0 Å². The minimum absolute atomic E-state index is 0.0859. The Balaban J connectivity index is 2.14. The smallest absolute Gasteiger partial charge is 0.238 e. The number of nitrogens with one attached hydrogen (secondary N) is 1. The van der Waals surface area contributed by atoms with E-state index in [1.165, 1.54) is 31.4 Å². The molecule has 1 saturated carbocycles. The number of nitrogen functional groups attached to an aromatic ring is 1. The second-order valence-electron chi connectivity index (χ2n) is 4.47. The maximum atomic E-state index is 11.2. The summed E-state index contributed by atoms with van der Waals surface area (Å²) in [5.41, 5.74) is 6.96. The molecular weight excluding hydrogens is 238 g/mol. The van der Waals surface area contributed by atoms with E-state index in [0.717, 1.165) is 6.54 Å². The van der Waals surface area contributed by atoms with Crippen LogP contribution in [0.2, 0.25) is 0 Å². The molecule has 94 valence electrons. The minimum Gasteiger partial charge on any atom is -0.397 e.